The largest absolute Gasteiger partial charge is 0.377 e. The summed E-state index contributed by atoms with van der Waals surface area (Å²) in [5, 5.41) is 0. The van der Waals surface area contributed by atoms with Gasteiger partial charge < -0.3 is 4.74 Å². The third kappa shape index (κ3) is 2.72. The SMILES string of the molecule is CC(C)OC[C@@H]1C[C@@H](F)CN1C. The van der Waals surface area contributed by atoms with Gasteiger partial charge in [-0.05, 0) is 27.3 Å². The van der Waals surface area contributed by atoms with Crippen LogP contribution in [0.15, 0.2) is 0 Å². The van der Waals surface area contributed by atoms with Gasteiger partial charge in [-0.25, -0.2) is 4.39 Å². The fourth-order valence-electron chi connectivity index (χ4n) is 1.51. The van der Waals surface area contributed by atoms with Crippen molar-refractivity contribution in [1.29, 1.82) is 0 Å². The predicted molar refractivity (Wildman–Crippen MR) is 47.0 cm³/mol. The van der Waals surface area contributed by atoms with E-state index in [9.17, 15) is 4.39 Å². The third-order valence-corrected chi connectivity index (χ3v) is 2.26. The van der Waals surface area contributed by atoms with Crippen molar-refractivity contribution in [2.45, 2.75) is 38.6 Å². The quantitative estimate of drug-likeness (QED) is 0.643. The molecule has 0 radical (unpaired) electrons. The summed E-state index contributed by atoms with van der Waals surface area (Å²) >= 11 is 0. The summed E-state index contributed by atoms with van der Waals surface area (Å²) in [6.07, 6.45) is 0.219. The molecule has 0 amide bonds. The summed E-state index contributed by atoms with van der Waals surface area (Å²) in [5.74, 6) is 0. The average molecular weight is 175 g/mol. The lowest BCUT2D eigenvalue weighted by molar-refractivity contribution is 0.0431. The van der Waals surface area contributed by atoms with Crippen LogP contribution in [-0.2, 0) is 4.74 Å². The van der Waals surface area contributed by atoms with Gasteiger partial charge in [0.25, 0.3) is 0 Å². The van der Waals surface area contributed by atoms with Crippen LogP contribution in [0.1, 0.15) is 20.3 Å². The van der Waals surface area contributed by atoms with Gasteiger partial charge >= 0.3 is 0 Å². The van der Waals surface area contributed by atoms with E-state index in [1.807, 2.05) is 25.8 Å². The number of alkyl halides is 1. The number of nitrogens with zero attached hydrogens (tertiary/aromatic N) is 1. The number of rotatable bonds is 3. The Bertz CT molecular complexity index is 140. The van der Waals surface area contributed by atoms with Crippen LogP contribution in [0.5, 0.6) is 0 Å². The van der Waals surface area contributed by atoms with E-state index in [-0.39, 0.29) is 12.1 Å². The third-order valence-electron chi connectivity index (χ3n) is 2.26. The Kier molecular flexibility index (Phi) is 3.47. The Morgan fingerprint density at radius 1 is 1.58 bits per heavy atom. The van der Waals surface area contributed by atoms with Crippen LogP contribution >= 0.6 is 0 Å². The molecule has 1 aliphatic heterocycles. The van der Waals surface area contributed by atoms with E-state index in [1.165, 1.54) is 0 Å². The molecule has 0 N–H and O–H groups in total. The maximum absolute atomic E-state index is 12.9. The van der Waals surface area contributed by atoms with Gasteiger partial charge in [-0.2, -0.15) is 0 Å². The van der Waals surface area contributed by atoms with E-state index in [0.717, 1.165) is 0 Å². The standard InChI is InChI=1S/C9H18FNO/c1-7(2)12-6-9-4-8(10)5-11(9)3/h7-9H,4-6H2,1-3H3/t8-,9+/m1/s1. The minimum Gasteiger partial charge on any atom is -0.377 e. The van der Waals surface area contributed by atoms with Crippen molar-refractivity contribution in [3.8, 4) is 0 Å². The fraction of sp³-hybridized carbons (Fsp3) is 1.00. The first-order chi connectivity index (χ1) is 5.59. The smallest absolute Gasteiger partial charge is 0.114 e. The average Bonchev–Trinajstić information content (AvgIpc) is 2.26. The monoisotopic (exact) mass is 175 g/mol. The molecule has 0 spiro atoms. The second kappa shape index (κ2) is 4.19. The number of halogens is 1. The van der Waals surface area contributed by atoms with E-state index < -0.39 is 6.17 Å². The van der Waals surface area contributed by atoms with Gasteiger partial charge in [0.1, 0.15) is 6.17 Å². The second-order valence-corrected chi connectivity index (χ2v) is 3.81. The van der Waals surface area contributed by atoms with E-state index in [1.54, 1.807) is 0 Å². The van der Waals surface area contributed by atoms with Gasteiger partial charge in [0, 0.05) is 12.6 Å². The normalized spacial score (nSPS) is 31.8. The molecule has 0 aromatic carbocycles. The van der Waals surface area contributed by atoms with Crippen LogP contribution in [0.2, 0.25) is 0 Å². The van der Waals surface area contributed by atoms with Crippen molar-refractivity contribution in [2.75, 3.05) is 20.2 Å². The van der Waals surface area contributed by atoms with Crippen LogP contribution in [-0.4, -0.2) is 43.4 Å². The number of likely N-dealkylation sites (tertiary alicyclic amines) is 1. The summed E-state index contributed by atoms with van der Waals surface area (Å²) < 4.78 is 18.3. The van der Waals surface area contributed by atoms with Crippen molar-refractivity contribution in [3.63, 3.8) is 0 Å². The highest BCUT2D eigenvalue weighted by Crippen LogP contribution is 2.18. The molecule has 12 heavy (non-hydrogen) atoms. The zero-order chi connectivity index (χ0) is 9.14. The zero-order valence-corrected chi connectivity index (χ0v) is 8.09. The highest BCUT2D eigenvalue weighted by atomic mass is 19.1. The van der Waals surface area contributed by atoms with Gasteiger partial charge in [-0.3, -0.25) is 4.90 Å². The molecule has 0 aromatic heterocycles. The molecule has 0 unspecified atom stereocenters. The van der Waals surface area contributed by atoms with Gasteiger partial charge in [0.2, 0.25) is 0 Å². The highest BCUT2D eigenvalue weighted by molar-refractivity contribution is 4.82. The summed E-state index contributed by atoms with van der Waals surface area (Å²) in [5.41, 5.74) is 0. The second-order valence-electron chi connectivity index (χ2n) is 3.81. The molecule has 1 rings (SSSR count). The molecule has 1 heterocycles. The maximum Gasteiger partial charge on any atom is 0.114 e. The Morgan fingerprint density at radius 3 is 2.67 bits per heavy atom. The van der Waals surface area contributed by atoms with Crippen LogP contribution in [0.4, 0.5) is 4.39 Å². The Labute approximate surface area is 73.7 Å². The minimum atomic E-state index is -0.657. The Morgan fingerprint density at radius 2 is 2.25 bits per heavy atom. The summed E-state index contributed by atoms with van der Waals surface area (Å²) in [4.78, 5) is 2.03. The topological polar surface area (TPSA) is 12.5 Å². The zero-order valence-electron chi connectivity index (χ0n) is 8.09. The highest BCUT2D eigenvalue weighted by Gasteiger charge is 2.29. The summed E-state index contributed by atoms with van der Waals surface area (Å²) in [6.45, 7) is 5.23. The van der Waals surface area contributed by atoms with Crippen molar-refractivity contribution in [3.05, 3.63) is 0 Å². The van der Waals surface area contributed by atoms with Gasteiger partial charge in [0.15, 0.2) is 0 Å². The van der Waals surface area contributed by atoms with Crippen molar-refractivity contribution in [1.82, 2.24) is 4.90 Å². The minimum absolute atomic E-state index is 0.247. The molecule has 0 saturated carbocycles. The molecule has 2 nitrogen and oxygen atoms in total. The molecule has 1 fully saturated rings. The van der Waals surface area contributed by atoms with E-state index in [0.29, 0.717) is 19.6 Å². The van der Waals surface area contributed by atoms with Gasteiger partial charge in [-0.15, -0.1) is 0 Å². The lowest BCUT2D eigenvalue weighted by Crippen LogP contribution is -2.30. The number of ether oxygens (including phenoxy) is 1. The number of likely N-dealkylation sites (N-methyl/N-ethyl adjacent to an activating group) is 1. The molecular formula is C9H18FNO. The van der Waals surface area contributed by atoms with Crippen LogP contribution < -0.4 is 0 Å². The van der Waals surface area contributed by atoms with Crippen LogP contribution in [0.25, 0.3) is 0 Å². The first-order valence-electron chi connectivity index (χ1n) is 4.55. The van der Waals surface area contributed by atoms with Crippen molar-refractivity contribution >= 4 is 0 Å². The molecule has 2 atom stereocenters. The molecule has 0 aromatic rings. The first kappa shape index (κ1) is 9.93. The number of hydrogen-bond acceptors (Lipinski definition) is 2. The van der Waals surface area contributed by atoms with Crippen LogP contribution in [0.3, 0.4) is 0 Å². The van der Waals surface area contributed by atoms with E-state index >= 15 is 0 Å². The maximum atomic E-state index is 12.9. The number of hydrogen-bond donors (Lipinski definition) is 0. The lowest BCUT2D eigenvalue weighted by atomic mass is 10.2. The summed E-state index contributed by atoms with van der Waals surface area (Å²) in [6, 6.07) is 0.280. The predicted octanol–water partition coefficient (Wildman–Crippen LogP) is 1.45. The van der Waals surface area contributed by atoms with Gasteiger partial charge in [0.05, 0.1) is 12.7 Å². The lowest BCUT2D eigenvalue weighted by Gasteiger charge is -2.19. The Hall–Kier alpha value is -0.150. The van der Waals surface area contributed by atoms with Crippen molar-refractivity contribution < 1.29 is 9.13 Å². The van der Waals surface area contributed by atoms with Crippen LogP contribution in [0, 0.1) is 0 Å². The van der Waals surface area contributed by atoms with Gasteiger partial charge in [-0.1, -0.05) is 0 Å². The summed E-state index contributed by atoms with van der Waals surface area (Å²) in [7, 11) is 1.95. The Balaban J connectivity index is 2.23. The van der Waals surface area contributed by atoms with E-state index in [4.69, 9.17) is 4.74 Å². The van der Waals surface area contributed by atoms with E-state index in [2.05, 4.69) is 0 Å². The molecular weight excluding hydrogens is 157 g/mol. The molecule has 3 heteroatoms. The van der Waals surface area contributed by atoms with Crippen molar-refractivity contribution in [2.24, 2.45) is 0 Å². The molecule has 0 bridgehead atoms. The molecule has 0 aliphatic carbocycles. The molecule has 1 saturated heterocycles. The first-order valence-corrected chi connectivity index (χ1v) is 4.55. The fourth-order valence-corrected chi connectivity index (χ4v) is 1.51. The molecule has 72 valence electrons. The molecule has 1 aliphatic rings.